The van der Waals surface area contributed by atoms with Gasteiger partial charge in [-0.15, -0.1) is 0 Å². The average Bonchev–Trinajstić information content (AvgIpc) is 2.94. The van der Waals surface area contributed by atoms with Crippen molar-refractivity contribution in [1.82, 2.24) is 4.90 Å². The van der Waals surface area contributed by atoms with E-state index in [0.29, 0.717) is 13.1 Å². The van der Waals surface area contributed by atoms with Crippen LogP contribution in [-0.4, -0.2) is 41.4 Å². The second-order valence-corrected chi connectivity index (χ2v) is 5.12. The van der Waals surface area contributed by atoms with Gasteiger partial charge in [0.15, 0.2) is 6.61 Å². The second kappa shape index (κ2) is 7.58. The summed E-state index contributed by atoms with van der Waals surface area (Å²) in [7, 11) is 0. The Balaban J connectivity index is 1.83. The third kappa shape index (κ3) is 4.31. The van der Waals surface area contributed by atoms with E-state index < -0.39 is 16.8 Å². The van der Waals surface area contributed by atoms with Crippen molar-refractivity contribution in [1.29, 1.82) is 0 Å². The van der Waals surface area contributed by atoms with Gasteiger partial charge < -0.3 is 14.1 Å². The molecule has 8 nitrogen and oxygen atoms in total. The Labute approximate surface area is 127 Å². The first-order valence-electron chi connectivity index (χ1n) is 7.27. The van der Waals surface area contributed by atoms with Crippen LogP contribution in [0.4, 0.5) is 5.88 Å². The van der Waals surface area contributed by atoms with Gasteiger partial charge in [0.1, 0.15) is 4.92 Å². The smallest absolute Gasteiger partial charge is 0.433 e. The van der Waals surface area contributed by atoms with Gasteiger partial charge in [0.2, 0.25) is 5.76 Å². The normalized spacial score (nSPS) is 15.7. The Hall–Kier alpha value is -2.38. The number of furan rings is 1. The van der Waals surface area contributed by atoms with Gasteiger partial charge in [-0.2, -0.15) is 0 Å². The van der Waals surface area contributed by atoms with E-state index in [-0.39, 0.29) is 18.3 Å². The van der Waals surface area contributed by atoms with Crippen LogP contribution in [0.1, 0.15) is 42.7 Å². The molecule has 0 N–H and O–H groups in total. The summed E-state index contributed by atoms with van der Waals surface area (Å²) in [5.41, 5.74) is 0. The van der Waals surface area contributed by atoms with Crippen LogP contribution in [0.5, 0.6) is 0 Å². The molecule has 2 rings (SSSR count). The van der Waals surface area contributed by atoms with Crippen LogP contribution < -0.4 is 0 Å². The maximum Gasteiger partial charge on any atom is 0.433 e. The zero-order valence-corrected chi connectivity index (χ0v) is 12.2. The number of rotatable bonds is 4. The summed E-state index contributed by atoms with van der Waals surface area (Å²) in [5, 5.41) is 10.5. The van der Waals surface area contributed by atoms with Crippen LogP contribution in [0.15, 0.2) is 16.5 Å². The van der Waals surface area contributed by atoms with Crippen molar-refractivity contribution in [2.75, 3.05) is 19.7 Å². The van der Waals surface area contributed by atoms with E-state index in [0.717, 1.165) is 37.8 Å². The van der Waals surface area contributed by atoms with E-state index in [1.54, 1.807) is 4.90 Å². The summed E-state index contributed by atoms with van der Waals surface area (Å²) in [5.74, 6) is -1.96. The molecule has 1 aliphatic rings. The maximum atomic E-state index is 12.0. The number of hydrogen-bond acceptors (Lipinski definition) is 6. The fourth-order valence-corrected chi connectivity index (χ4v) is 2.32. The molecule has 0 radical (unpaired) electrons. The molecule has 0 aliphatic carbocycles. The molecule has 8 heteroatoms. The van der Waals surface area contributed by atoms with Gasteiger partial charge in [-0.05, 0) is 18.9 Å². The lowest BCUT2D eigenvalue weighted by Crippen LogP contribution is -2.36. The molecule has 0 atom stereocenters. The summed E-state index contributed by atoms with van der Waals surface area (Å²) in [4.78, 5) is 35.1. The quantitative estimate of drug-likeness (QED) is 0.479. The van der Waals surface area contributed by atoms with Crippen LogP contribution in [-0.2, 0) is 9.53 Å². The Kier molecular flexibility index (Phi) is 5.51. The zero-order valence-electron chi connectivity index (χ0n) is 12.2. The van der Waals surface area contributed by atoms with Crippen LogP contribution >= 0.6 is 0 Å². The van der Waals surface area contributed by atoms with E-state index in [9.17, 15) is 19.7 Å². The second-order valence-electron chi connectivity index (χ2n) is 5.12. The van der Waals surface area contributed by atoms with Gasteiger partial charge >= 0.3 is 11.9 Å². The van der Waals surface area contributed by atoms with Crippen molar-refractivity contribution in [2.45, 2.75) is 32.1 Å². The van der Waals surface area contributed by atoms with Gasteiger partial charge in [-0.1, -0.05) is 19.3 Å². The Morgan fingerprint density at radius 3 is 2.41 bits per heavy atom. The minimum Gasteiger partial charge on any atom is -0.450 e. The largest absolute Gasteiger partial charge is 0.450 e. The molecular weight excluding hydrogens is 292 g/mol. The average molecular weight is 310 g/mol. The number of nitrogens with zero attached hydrogens (tertiary/aromatic N) is 2. The number of nitro groups is 1. The summed E-state index contributed by atoms with van der Waals surface area (Å²) in [6, 6.07) is 2.22. The first-order chi connectivity index (χ1) is 10.6. The minimum atomic E-state index is -0.881. The number of carbonyl (C=O) groups is 2. The number of carbonyl (C=O) groups excluding carboxylic acids is 2. The van der Waals surface area contributed by atoms with Crippen molar-refractivity contribution in [3.8, 4) is 0 Å². The Morgan fingerprint density at radius 1 is 1.18 bits per heavy atom. The van der Waals surface area contributed by atoms with Gasteiger partial charge in [0.25, 0.3) is 5.91 Å². The Morgan fingerprint density at radius 2 is 1.82 bits per heavy atom. The fourth-order valence-electron chi connectivity index (χ4n) is 2.32. The number of hydrogen-bond donors (Lipinski definition) is 0. The highest BCUT2D eigenvalue weighted by Crippen LogP contribution is 2.16. The molecule has 1 amide bonds. The highest BCUT2D eigenvalue weighted by atomic mass is 16.7. The molecule has 1 fully saturated rings. The number of ether oxygens (including phenoxy) is 1. The summed E-state index contributed by atoms with van der Waals surface area (Å²) in [6.45, 7) is 0.957. The third-order valence-corrected chi connectivity index (χ3v) is 3.51. The molecule has 1 aliphatic heterocycles. The highest BCUT2D eigenvalue weighted by Gasteiger charge is 2.21. The van der Waals surface area contributed by atoms with Gasteiger partial charge in [-0.3, -0.25) is 14.9 Å². The molecular formula is C14H18N2O6. The molecule has 1 aromatic heterocycles. The molecule has 120 valence electrons. The van der Waals surface area contributed by atoms with Gasteiger partial charge in [-0.25, -0.2) is 4.79 Å². The molecule has 2 heterocycles. The fraction of sp³-hybridized carbons (Fsp3) is 0.571. The molecule has 0 aromatic carbocycles. The number of amides is 1. The topological polar surface area (TPSA) is 103 Å². The molecule has 0 unspecified atom stereocenters. The third-order valence-electron chi connectivity index (χ3n) is 3.51. The first kappa shape index (κ1) is 16.0. The van der Waals surface area contributed by atoms with Crippen LogP contribution in [0, 0.1) is 10.1 Å². The van der Waals surface area contributed by atoms with E-state index >= 15 is 0 Å². The number of esters is 1. The summed E-state index contributed by atoms with van der Waals surface area (Å²) in [6.07, 6.45) is 5.28. The standard InChI is InChI=1S/C14H18N2O6/c17-12(15-8-4-2-1-3-5-9-15)10-21-14(18)11-6-7-13(22-11)16(19)20/h6-7H,1-5,8-10H2. The molecule has 1 saturated heterocycles. The van der Waals surface area contributed by atoms with Crippen molar-refractivity contribution in [2.24, 2.45) is 0 Å². The summed E-state index contributed by atoms with van der Waals surface area (Å²) >= 11 is 0. The molecule has 0 bridgehead atoms. The molecule has 22 heavy (non-hydrogen) atoms. The Bertz CT molecular complexity index is 545. The van der Waals surface area contributed by atoms with Crippen molar-refractivity contribution < 1.29 is 23.7 Å². The van der Waals surface area contributed by atoms with E-state index in [4.69, 9.17) is 9.15 Å². The van der Waals surface area contributed by atoms with Crippen LogP contribution in [0.2, 0.25) is 0 Å². The van der Waals surface area contributed by atoms with Crippen LogP contribution in [0.3, 0.4) is 0 Å². The minimum absolute atomic E-state index is 0.253. The van der Waals surface area contributed by atoms with E-state index in [1.165, 1.54) is 6.42 Å². The predicted octanol–water partition coefficient (Wildman–Crippen LogP) is 2.14. The molecule has 0 spiro atoms. The summed E-state index contributed by atoms with van der Waals surface area (Å²) < 4.78 is 9.58. The molecule has 1 aromatic rings. The highest BCUT2D eigenvalue weighted by molar-refractivity contribution is 5.89. The predicted molar refractivity (Wildman–Crippen MR) is 75.3 cm³/mol. The lowest BCUT2D eigenvalue weighted by molar-refractivity contribution is -0.402. The van der Waals surface area contributed by atoms with Gasteiger partial charge in [0.05, 0.1) is 6.07 Å². The molecule has 0 saturated carbocycles. The van der Waals surface area contributed by atoms with E-state index in [2.05, 4.69) is 0 Å². The van der Waals surface area contributed by atoms with Crippen molar-refractivity contribution in [3.63, 3.8) is 0 Å². The number of likely N-dealkylation sites (tertiary alicyclic amines) is 1. The lowest BCUT2D eigenvalue weighted by atomic mass is 10.1. The first-order valence-corrected chi connectivity index (χ1v) is 7.27. The van der Waals surface area contributed by atoms with Gasteiger partial charge in [0, 0.05) is 13.1 Å². The van der Waals surface area contributed by atoms with E-state index in [1.807, 2.05) is 0 Å². The maximum absolute atomic E-state index is 12.0. The van der Waals surface area contributed by atoms with Crippen molar-refractivity contribution >= 4 is 17.8 Å². The SMILES string of the molecule is O=C(OCC(=O)N1CCCCCCC1)c1ccc([N+](=O)[O-])o1. The monoisotopic (exact) mass is 310 g/mol. The lowest BCUT2D eigenvalue weighted by Gasteiger charge is -2.24. The van der Waals surface area contributed by atoms with Crippen LogP contribution in [0.25, 0.3) is 0 Å². The zero-order chi connectivity index (χ0) is 15.9. The van der Waals surface area contributed by atoms with Crippen molar-refractivity contribution in [3.05, 3.63) is 28.0 Å².